The van der Waals surface area contributed by atoms with Crippen LogP contribution in [-0.4, -0.2) is 0 Å². The van der Waals surface area contributed by atoms with Crippen LogP contribution in [0.3, 0.4) is 0 Å². The molecule has 0 aliphatic heterocycles. The summed E-state index contributed by atoms with van der Waals surface area (Å²) in [6.45, 7) is 5.90. The topological polar surface area (TPSA) is 0 Å². The number of hydrogen-bond donors (Lipinski definition) is 0. The van der Waals surface area contributed by atoms with Gasteiger partial charge in [-0.1, -0.05) is 56.0 Å². The Hall–Kier alpha value is -1.30. The Kier molecular flexibility index (Phi) is 3.34. The van der Waals surface area contributed by atoms with Crippen LogP contribution in [0.15, 0.2) is 36.9 Å². The van der Waals surface area contributed by atoms with Crippen molar-refractivity contribution in [2.24, 2.45) is 0 Å². The zero-order valence-electron chi connectivity index (χ0n) is 7.46. The van der Waals surface area contributed by atoms with E-state index in [0.29, 0.717) is 0 Å². The van der Waals surface area contributed by atoms with E-state index in [-0.39, 0.29) is 0 Å². The van der Waals surface area contributed by atoms with Crippen molar-refractivity contribution in [3.63, 3.8) is 0 Å². The van der Waals surface area contributed by atoms with E-state index < -0.39 is 0 Å². The summed E-state index contributed by atoms with van der Waals surface area (Å²) in [5.74, 6) is 0. The van der Waals surface area contributed by atoms with Gasteiger partial charge in [-0.25, -0.2) is 0 Å². The molecule has 0 aliphatic rings. The predicted molar refractivity (Wildman–Crippen MR) is 55.9 cm³/mol. The van der Waals surface area contributed by atoms with Crippen molar-refractivity contribution in [3.8, 4) is 0 Å². The van der Waals surface area contributed by atoms with Gasteiger partial charge in [-0.15, -0.1) is 0 Å². The maximum absolute atomic E-state index is 3.77. The lowest BCUT2D eigenvalue weighted by molar-refractivity contribution is 1.23. The second kappa shape index (κ2) is 4.55. The Morgan fingerprint density at radius 1 is 1.25 bits per heavy atom. The highest BCUT2D eigenvalue weighted by Gasteiger charge is 1.90. The lowest BCUT2D eigenvalue weighted by atomic mass is 10.1. The Morgan fingerprint density at radius 3 is 2.50 bits per heavy atom. The summed E-state index contributed by atoms with van der Waals surface area (Å²) in [5, 5.41) is 0. The predicted octanol–water partition coefficient (Wildman–Crippen LogP) is 3.75. The smallest absolute Gasteiger partial charge is 0.0187 e. The Balaban J connectivity index is 2.96. The van der Waals surface area contributed by atoms with Crippen molar-refractivity contribution >= 4 is 12.2 Å². The summed E-state index contributed by atoms with van der Waals surface area (Å²) < 4.78 is 0. The van der Waals surface area contributed by atoms with Gasteiger partial charge in [-0.2, -0.15) is 0 Å². The van der Waals surface area contributed by atoms with Crippen molar-refractivity contribution < 1.29 is 0 Å². The van der Waals surface area contributed by atoms with E-state index in [9.17, 15) is 0 Å². The van der Waals surface area contributed by atoms with Crippen LogP contribution in [0.2, 0.25) is 0 Å². The second-order valence-electron chi connectivity index (χ2n) is 2.64. The minimum Gasteiger partial charge on any atom is -0.0984 e. The van der Waals surface area contributed by atoms with Gasteiger partial charge < -0.3 is 0 Å². The van der Waals surface area contributed by atoms with Gasteiger partial charge in [0.2, 0.25) is 0 Å². The molecule has 0 N–H and O–H groups in total. The van der Waals surface area contributed by atoms with Crippen molar-refractivity contribution in [1.29, 1.82) is 0 Å². The largest absolute Gasteiger partial charge is 0.0984 e. The molecule has 0 heterocycles. The third-order valence-corrected chi connectivity index (χ3v) is 1.75. The molecule has 1 aromatic rings. The molecule has 0 fully saturated rings. The van der Waals surface area contributed by atoms with E-state index in [1.54, 1.807) is 0 Å². The van der Waals surface area contributed by atoms with Gasteiger partial charge in [0.25, 0.3) is 0 Å². The SMILES string of the molecule is C=Cc1ccccc1C=CCC. The summed E-state index contributed by atoms with van der Waals surface area (Å²) >= 11 is 0. The first kappa shape index (κ1) is 8.79. The van der Waals surface area contributed by atoms with Crippen LogP contribution in [0.25, 0.3) is 12.2 Å². The van der Waals surface area contributed by atoms with Crippen molar-refractivity contribution in [2.45, 2.75) is 13.3 Å². The Morgan fingerprint density at radius 2 is 1.92 bits per heavy atom. The van der Waals surface area contributed by atoms with Gasteiger partial charge in [-0.3, -0.25) is 0 Å². The van der Waals surface area contributed by atoms with Gasteiger partial charge in [-0.05, 0) is 17.5 Å². The molecule has 0 saturated heterocycles. The van der Waals surface area contributed by atoms with E-state index in [1.165, 1.54) is 11.1 Å². The lowest BCUT2D eigenvalue weighted by Crippen LogP contribution is -1.77. The molecule has 62 valence electrons. The molecule has 0 heteroatoms. The molecule has 1 rings (SSSR count). The third-order valence-electron chi connectivity index (χ3n) is 1.75. The molecule has 12 heavy (non-hydrogen) atoms. The highest BCUT2D eigenvalue weighted by Crippen LogP contribution is 2.11. The number of allylic oxidation sites excluding steroid dienone is 1. The minimum atomic E-state index is 1.07. The third kappa shape index (κ3) is 2.09. The van der Waals surface area contributed by atoms with Crippen LogP contribution in [-0.2, 0) is 0 Å². The summed E-state index contributed by atoms with van der Waals surface area (Å²) in [5.41, 5.74) is 2.44. The molecule has 0 nitrogen and oxygen atoms in total. The van der Waals surface area contributed by atoms with Gasteiger partial charge in [0.1, 0.15) is 0 Å². The summed E-state index contributed by atoms with van der Waals surface area (Å²) in [7, 11) is 0. The quantitative estimate of drug-likeness (QED) is 0.628. The monoisotopic (exact) mass is 158 g/mol. The van der Waals surface area contributed by atoms with E-state index >= 15 is 0 Å². The van der Waals surface area contributed by atoms with Crippen LogP contribution in [0, 0.1) is 0 Å². The number of hydrogen-bond acceptors (Lipinski definition) is 0. The van der Waals surface area contributed by atoms with Crippen molar-refractivity contribution in [1.82, 2.24) is 0 Å². The van der Waals surface area contributed by atoms with Crippen LogP contribution < -0.4 is 0 Å². The lowest BCUT2D eigenvalue weighted by Gasteiger charge is -1.98. The van der Waals surface area contributed by atoms with E-state index in [4.69, 9.17) is 0 Å². The molecule has 0 saturated carbocycles. The second-order valence-corrected chi connectivity index (χ2v) is 2.64. The van der Waals surface area contributed by atoms with E-state index in [2.05, 4.69) is 37.8 Å². The van der Waals surface area contributed by atoms with Crippen molar-refractivity contribution in [3.05, 3.63) is 48.0 Å². The molecule has 0 aliphatic carbocycles. The van der Waals surface area contributed by atoms with Gasteiger partial charge in [0.05, 0.1) is 0 Å². The first-order valence-electron chi connectivity index (χ1n) is 4.26. The zero-order chi connectivity index (χ0) is 8.81. The van der Waals surface area contributed by atoms with Crippen LogP contribution in [0.5, 0.6) is 0 Å². The van der Waals surface area contributed by atoms with Crippen LogP contribution >= 0.6 is 0 Å². The first-order chi connectivity index (χ1) is 5.88. The fourth-order valence-corrected chi connectivity index (χ4v) is 1.09. The number of benzene rings is 1. The summed E-state index contributed by atoms with van der Waals surface area (Å²) in [4.78, 5) is 0. The van der Waals surface area contributed by atoms with E-state index in [0.717, 1.165) is 6.42 Å². The van der Waals surface area contributed by atoms with Crippen LogP contribution in [0.4, 0.5) is 0 Å². The fraction of sp³-hybridized carbons (Fsp3) is 0.167. The van der Waals surface area contributed by atoms with Crippen LogP contribution in [0.1, 0.15) is 24.5 Å². The maximum atomic E-state index is 3.77. The normalized spacial score (nSPS) is 10.4. The van der Waals surface area contributed by atoms with Gasteiger partial charge >= 0.3 is 0 Å². The average Bonchev–Trinajstić information content (AvgIpc) is 2.15. The standard InChI is InChI=1S/C12H14/c1-3-5-8-12-10-7-6-9-11(12)4-2/h4-10H,2-3H2,1H3. The fourth-order valence-electron chi connectivity index (χ4n) is 1.09. The molecule has 0 amide bonds. The first-order valence-corrected chi connectivity index (χ1v) is 4.26. The molecule has 0 radical (unpaired) electrons. The molecule has 0 bridgehead atoms. The van der Waals surface area contributed by atoms with E-state index in [1.807, 2.05) is 18.2 Å². The molecular formula is C12H14. The minimum absolute atomic E-state index is 1.07. The molecule has 0 spiro atoms. The molecule has 0 unspecified atom stereocenters. The number of rotatable bonds is 3. The van der Waals surface area contributed by atoms with Gasteiger partial charge in [0.15, 0.2) is 0 Å². The average molecular weight is 158 g/mol. The van der Waals surface area contributed by atoms with Gasteiger partial charge in [0, 0.05) is 0 Å². The molecule has 0 atom stereocenters. The van der Waals surface area contributed by atoms with Crippen molar-refractivity contribution in [2.75, 3.05) is 0 Å². The highest BCUT2D eigenvalue weighted by molar-refractivity contribution is 5.64. The molecular weight excluding hydrogens is 144 g/mol. The molecule has 0 aromatic heterocycles. The maximum Gasteiger partial charge on any atom is -0.0187 e. The highest BCUT2D eigenvalue weighted by atomic mass is 14.0. The zero-order valence-corrected chi connectivity index (χ0v) is 7.46. The summed E-state index contributed by atoms with van der Waals surface area (Å²) in [6, 6.07) is 8.24. The summed E-state index contributed by atoms with van der Waals surface area (Å²) in [6.07, 6.45) is 7.25. The molecule has 1 aromatic carbocycles. The Bertz CT molecular complexity index is 282. The Labute approximate surface area is 74.2 Å².